The van der Waals surface area contributed by atoms with Crippen LogP contribution in [0.25, 0.3) is 5.65 Å². The van der Waals surface area contributed by atoms with Crippen LogP contribution in [0.15, 0.2) is 24.4 Å². The number of aryl methyl sites for hydroxylation is 2. The van der Waals surface area contributed by atoms with E-state index in [1.165, 1.54) is 5.69 Å². The third-order valence-corrected chi connectivity index (χ3v) is 2.39. The molecule has 2 aromatic rings. The molecule has 0 aliphatic heterocycles. The number of imidazole rings is 1. The molecule has 0 aliphatic rings. The van der Waals surface area contributed by atoms with Gasteiger partial charge in [0.15, 0.2) is 0 Å². The summed E-state index contributed by atoms with van der Waals surface area (Å²) in [5.74, 6) is 0.630. The molecule has 68 valence electrons. The number of rotatable bonds is 2. The first-order valence-corrected chi connectivity index (χ1v) is 4.85. The van der Waals surface area contributed by atoms with Gasteiger partial charge in [-0.25, -0.2) is 4.98 Å². The van der Waals surface area contributed by atoms with Crippen molar-refractivity contribution in [2.45, 2.75) is 13.3 Å². The highest BCUT2D eigenvalue weighted by Gasteiger charge is 2.05. The van der Waals surface area contributed by atoms with Crippen LogP contribution in [-0.4, -0.2) is 15.3 Å². The number of fused-ring (bicyclic) bond motifs is 1. The molecule has 2 rings (SSSR count). The Kier molecular flexibility index (Phi) is 2.23. The molecule has 0 bridgehead atoms. The summed E-state index contributed by atoms with van der Waals surface area (Å²) >= 11 is 5.69. The van der Waals surface area contributed by atoms with Crippen molar-refractivity contribution in [3.63, 3.8) is 0 Å². The van der Waals surface area contributed by atoms with Crippen molar-refractivity contribution in [1.82, 2.24) is 9.38 Å². The SMILES string of the molecule is Cc1c(CCCl)nc2ccccn12. The van der Waals surface area contributed by atoms with Crippen molar-refractivity contribution in [1.29, 1.82) is 0 Å². The molecule has 2 aromatic heterocycles. The molecule has 0 unspecified atom stereocenters. The Balaban J connectivity index is 2.60. The molecule has 2 heterocycles. The number of aromatic nitrogens is 2. The van der Waals surface area contributed by atoms with Gasteiger partial charge in [-0.15, -0.1) is 11.6 Å². The molecule has 13 heavy (non-hydrogen) atoms. The highest BCUT2D eigenvalue weighted by atomic mass is 35.5. The molecule has 0 N–H and O–H groups in total. The maximum Gasteiger partial charge on any atom is 0.137 e. The highest BCUT2D eigenvalue weighted by molar-refractivity contribution is 6.17. The fourth-order valence-corrected chi connectivity index (χ4v) is 1.67. The van der Waals surface area contributed by atoms with Crippen molar-refractivity contribution in [3.8, 4) is 0 Å². The molecule has 0 amide bonds. The van der Waals surface area contributed by atoms with E-state index in [-0.39, 0.29) is 0 Å². The van der Waals surface area contributed by atoms with E-state index in [1.54, 1.807) is 0 Å². The summed E-state index contributed by atoms with van der Waals surface area (Å²) in [6, 6.07) is 6.00. The second kappa shape index (κ2) is 3.38. The summed E-state index contributed by atoms with van der Waals surface area (Å²) in [6.45, 7) is 2.07. The van der Waals surface area contributed by atoms with Gasteiger partial charge in [-0.05, 0) is 19.1 Å². The lowest BCUT2D eigenvalue weighted by Gasteiger charge is -1.95. The quantitative estimate of drug-likeness (QED) is 0.672. The van der Waals surface area contributed by atoms with Gasteiger partial charge in [-0.2, -0.15) is 0 Å². The van der Waals surface area contributed by atoms with Crippen LogP contribution >= 0.6 is 11.6 Å². The van der Waals surface area contributed by atoms with Crippen LogP contribution in [0.3, 0.4) is 0 Å². The zero-order valence-corrected chi connectivity index (χ0v) is 8.25. The highest BCUT2D eigenvalue weighted by Crippen LogP contribution is 2.11. The van der Waals surface area contributed by atoms with Gasteiger partial charge < -0.3 is 4.40 Å². The number of pyridine rings is 1. The van der Waals surface area contributed by atoms with Crippen molar-refractivity contribution in [2.75, 3.05) is 5.88 Å². The fourth-order valence-electron chi connectivity index (χ4n) is 1.49. The van der Waals surface area contributed by atoms with Crippen molar-refractivity contribution in [3.05, 3.63) is 35.8 Å². The van der Waals surface area contributed by atoms with Gasteiger partial charge in [0.25, 0.3) is 0 Å². The molecule has 0 spiro atoms. The Labute approximate surface area is 82.2 Å². The zero-order valence-electron chi connectivity index (χ0n) is 7.50. The molecule has 0 fully saturated rings. The molecule has 0 saturated carbocycles. The first kappa shape index (κ1) is 8.57. The van der Waals surface area contributed by atoms with Crippen LogP contribution in [-0.2, 0) is 6.42 Å². The van der Waals surface area contributed by atoms with Gasteiger partial charge in [0.1, 0.15) is 5.65 Å². The molecule has 3 heteroatoms. The van der Waals surface area contributed by atoms with E-state index in [0.717, 1.165) is 17.8 Å². The number of halogens is 1. The van der Waals surface area contributed by atoms with Gasteiger partial charge in [-0.1, -0.05) is 6.07 Å². The van der Waals surface area contributed by atoms with E-state index in [1.807, 2.05) is 24.4 Å². The summed E-state index contributed by atoms with van der Waals surface area (Å²) in [7, 11) is 0. The first-order chi connectivity index (χ1) is 6.33. The summed E-state index contributed by atoms with van der Waals surface area (Å²) < 4.78 is 2.09. The van der Waals surface area contributed by atoms with Crippen molar-refractivity contribution < 1.29 is 0 Å². The van der Waals surface area contributed by atoms with E-state index in [4.69, 9.17) is 11.6 Å². The van der Waals surface area contributed by atoms with Crippen LogP contribution in [0, 0.1) is 6.92 Å². The first-order valence-electron chi connectivity index (χ1n) is 4.31. The van der Waals surface area contributed by atoms with Gasteiger partial charge in [0.2, 0.25) is 0 Å². The predicted molar refractivity (Wildman–Crippen MR) is 54.4 cm³/mol. The van der Waals surface area contributed by atoms with E-state index >= 15 is 0 Å². The van der Waals surface area contributed by atoms with Crippen molar-refractivity contribution in [2.24, 2.45) is 0 Å². The topological polar surface area (TPSA) is 17.3 Å². The largest absolute Gasteiger partial charge is 0.304 e. The lowest BCUT2D eigenvalue weighted by Crippen LogP contribution is -1.90. The second-order valence-electron chi connectivity index (χ2n) is 3.01. The minimum absolute atomic E-state index is 0.630. The van der Waals surface area contributed by atoms with E-state index in [0.29, 0.717) is 5.88 Å². The summed E-state index contributed by atoms with van der Waals surface area (Å²) in [4.78, 5) is 4.48. The molecule has 0 aliphatic carbocycles. The molecule has 0 aromatic carbocycles. The number of alkyl halides is 1. The van der Waals surface area contributed by atoms with Crippen molar-refractivity contribution >= 4 is 17.2 Å². The van der Waals surface area contributed by atoms with Gasteiger partial charge in [-0.3, -0.25) is 0 Å². The standard InChI is InChI=1S/C10H11ClN2/c1-8-9(5-6-11)12-10-4-2-3-7-13(8)10/h2-4,7H,5-6H2,1H3. The summed E-state index contributed by atoms with van der Waals surface area (Å²) in [5.41, 5.74) is 3.29. The maximum absolute atomic E-state index is 5.69. The van der Waals surface area contributed by atoms with E-state index in [2.05, 4.69) is 16.3 Å². The Bertz CT molecular complexity index is 420. The van der Waals surface area contributed by atoms with Gasteiger partial charge in [0, 0.05) is 24.2 Å². The minimum Gasteiger partial charge on any atom is -0.304 e. The van der Waals surface area contributed by atoms with Crippen LogP contribution in [0.4, 0.5) is 0 Å². The number of hydrogen-bond donors (Lipinski definition) is 0. The van der Waals surface area contributed by atoms with Crippen LogP contribution < -0.4 is 0 Å². The number of hydrogen-bond acceptors (Lipinski definition) is 1. The number of nitrogens with zero attached hydrogens (tertiary/aromatic N) is 2. The van der Waals surface area contributed by atoms with Crippen LogP contribution in [0.1, 0.15) is 11.4 Å². The van der Waals surface area contributed by atoms with Gasteiger partial charge in [0.05, 0.1) is 5.69 Å². The zero-order chi connectivity index (χ0) is 9.26. The molecular weight excluding hydrogens is 184 g/mol. The molecular formula is C10H11ClN2. The fraction of sp³-hybridized carbons (Fsp3) is 0.300. The molecule has 0 saturated heterocycles. The molecule has 0 atom stereocenters. The van der Waals surface area contributed by atoms with E-state index in [9.17, 15) is 0 Å². The Morgan fingerprint density at radius 1 is 1.46 bits per heavy atom. The summed E-state index contributed by atoms with van der Waals surface area (Å²) in [5, 5.41) is 0. The average Bonchev–Trinajstić information content (AvgIpc) is 2.46. The van der Waals surface area contributed by atoms with E-state index < -0.39 is 0 Å². The molecule has 2 nitrogen and oxygen atoms in total. The summed E-state index contributed by atoms with van der Waals surface area (Å²) in [6.07, 6.45) is 2.87. The average molecular weight is 195 g/mol. The van der Waals surface area contributed by atoms with Crippen LogP contribution in [0.2, 0.25) is 0 Å². The lowest BCUT2D eigenvalue weighted by atomic mass is 10.3. The third-order valence-electron chi connectivity index (χ3n) is 2.20. The Morgan fingerprint density at radius 3 is 3.00 bits per heavy atom. The van der Waals surface area contributed by atoms with Crippen LogP contribution in [0.5, 0.6) is 0 Å². The Hall–Kier alpha value is -1.02. The Morgan fingerprint density at radius 2 is 2.31 bits per heavy atom. The minimum atomic E-state index is 0.630. The lowest BCUT2D eigenvalue weighted by molar-refractivity contribution is 1.03. The smallest absolute Gasteiger partial charge is 0.137 e. The second-order valence-corrected chi connectivity index (χ2v) is 3.39. The normalized spacial score (nSPS) is 10.9. The maximum atomic E-state index is 5.69. The predicted octanol–water partition coefficient (Wildman–Crippen LogP) is 2.42. The molecule has 0 radical (unpaired) electrons. The van der Waals surface area contributed by atoms with Gasteiger partial charge >= 0.3 is 0 Å². The third kappa shape index (κ3) is 1.42. The monoisotopic (exact) mass is 194 g/mol.